The highest BCUT2D eigenvalue weighted by Gasteiger charge is 2.39. The number of hydrogen-bond acceptors (Lipinski definition) is 6. The Labute approximate surface area is 196 Å². The number of nitro groups is 1. The smallest absolute Gasteiger partial charge is 0.421 e. The van der Waals surface area contributed by atoms with E-state index in [1.165, 1.54) is 14.2 Å². The van der Waals surface area contributed by atoms with Crippen molar-refractivity contribution in [3.8, 4) is 5.75 Å². The third-order valence-corrected chi connectivity index (χ3v) is 5.81. The van der Waals surface area contributed by atoms with Gasteiger partial charge in [0.25, 0.3) is 5.91 Å². The first-order chi connectivity index (χ1) is 15.8. The van der Waals surface area contributed by atoms with E-state index in [-0.39, 0.29) is 17.9 Å². The highest BCUT2D eigenvalue weighted by atomic mass is 35.5. The van der Waals surface area contributed by atoms with Crippen LogP contribution in [0, 0.1) is 10.1 Å². The van der Waals surface area contributed by atoms with E-state index in [1.54, 1.807) is 36.4 Å². The van der Waals surface area contributed by atoms with Gasteiger partial charge >= 0.3 is 6.09 Å². The van der Waals surface area contributed by atoms with Crippen molar-refractivity contribution >= 4 is 34.9 Å². The molecule has 0 N–H and O–H groups in total. The lowest BCUT2D eigenvalue weighted by atomic mass is 9.86. The predicted octanol–water partition coefficient (Wildman–Crippen LogP) is 5.47. The standard InChI is InChI=1S/C24H25ClN2O6/c1-4-6-16(11-17(14-26(30)31)15-7-5-8-19(12-15)32-2)22-20-13-18(25)9-10-21(20)27(23(22)28)24(29)33-3/h5,7-10,12-13,17H,4,6,11,14H2,1-3H3/b22-16-/t17-/m1/s1. The van der Waals surface area contributed by atoms with E-state index in [9.17, 15) is 19.7 Å². The molecule has 3 rings (SSSR count). The molecule has 174 valence electrons. The summed E-state index contributed by atoms with van der Waals surface area (Å²) in [6, 6.07) is 12.0. The van der Waals surface area contributed by atoms with E-state index in [1.807, 2.05) is 13.0 Å². The first-order valence-electron chi connectivity index (χ1n) is 10.5. The van der Waals surface area contributed by atoms with Gasteiger partial charge in [0, 0.05) is 21.1 Å². The molecule has 0 unspecified atom stereocenters. The number of imide groups is 1. The zero-order chi connectivity index (χ0) is 24.1. The SMILES string of the molecule is CCC/C(C[C@H](C[N+](=O)[O-])c1cccc(OC)c1)=C1/C(=O)N(C(=O)OC)c2ccc(Cl)cc21. The predicted molar refractivity (Wildman–Crippen MR) is 125 cm³/mol. The Morgan fingerprint density at radius 3 is 2.61 bits per heavy atom. The molecular formula is C24H25ClN2O6. The Morgan fingerprint density at radius 2 is 1.97 bits per heavy atom. The second-order valence-electron chi connectivity index (χ2n) is 7.69. The normalized spacial score (nSPS) is 15.2. The Morgan fingerprint density at radius 1 is 1.21 bits per heavy atom. The molecule has 1 atom stereocenters. The van der Waals surface area contributed by atoms with Crippen LogP contribution < -0.4 is 9.64 Å². The monoisotopic (exact) mass is 472 g/mol. The summed E-state index contributed by atoms with van der Waals surface area (Å²) in [5.74, 6) is -0.420. The first-order valence-corrected chi connectivity index (χ1v) is 10.9. The van der Waals surface area contributed by atoms with Crippen molar-refractivity contribution in [3.05, 3.63) is 74.3 Å². The summed E-state index contributed by atoms with van der Waals surface area (Å²) in [6.45, 7) is 1.65. The molecule has 0 bridgehead atoms. The number of carbonyl (C=O) groups is 2. The van der Waals surface area contributed by atoms with Crippen LogP contribution in [0.25, 0.3) is 5.57 Å². The molecule has 0 saturated carbocycles. The molecular weight excluding hydrogens is 448 g/mol. The number of halogens is 1. The molecule has 33 heavy (non-hydrogen) atoms. The minimum atomic E-state index is -0.802. The third-order valence-electron chi connectivity index (χ3n) is 5.58. The van der Waals surface area contributed by atoms with Crippen molar-refractivity contribution in [1.82, 2.24) is 0 Å². The van der Waals surface area contributed by atoms with Gasteiger partial charge in [-0.05, 0) is 48.7 Å². The number of nitrogens with zero attached hydrogens (tertiary/aromatic N) is 2. The van der Waals surface area contributed by atoms with Crippen LogP contribution in [-0.2, 0) is 9.53 Å². The zero-order valence-corrected chi connectivity index (χ0v) is 19.4. The van der Waals surface area contributed by atoms with E-state index in [0.717, 1.165) is 16.0 Å². The maximum absolute atomic E-state index is 13.4. The van der Waals surface area contributed by atoms with Gasteiger partial charge < -0.3 is 9.47 Å². The fourth-order valence-electron chi connectivity index (χ4n) is 4.15. The van der Waals surface area contributed by atoms with E-state index >= 15 is 0 Å². The summed E-state index contributed by atoms with van der Waals surface area (Å²) >= 11 is 6.21. The van der Waals surface area contributed by atoms with Gasteiger partial charge in [0.2, 0.25) is 6.54 Å². The molecule has 0 spiro atoms. The topological polar surface area (TPSA) is 99.0 Å². The van der Waals surface area contributed by atoms with Gasteiger partial charge in [-0.25, -0.2) is 9.69 Å². The number of allylic oxidation sites excluding steroid dienone is 1. The van der Waals surface area contributed by atoms with Crippen molar-refractivity contribution < 1.29 is 24.0 Å². The number of methoxy groups -OCH3 is 2. The van der Waals surface area contributed by atoms with Gasteiger partial charge in [0.1, 0.15) is 5.75 Å². The molecule has 8 nitrogen and oxygen atoms in total. The lowest BCUT2D eigenvalue weighted by Crippen LogP contribution is -2.33. The second kappa shape index (κ2) is 10.5. The molecule has 2 aromatic rings. The third kappa shape index (κ3) is 5.17. The number of anilines is 1. The lowest BCUT2D eigenvalue weighted by Gasteiger charge is -2.18. The maximum atomic E-state index is 13.4. The van der Waals surface area contributed by atoms with Crippen molar-refractivity contribution in [2.75, 3.05) is 25.7 Å². The van der Waals surface area contributed by atoms with Crippen molar-refractivity contribution in [2.45, 2.75) is 32.1 Å². The number of fused-ring (bicyclic) bond motifs is 1. The van der Waals surface area contributed by atoms with Crippen LogP contribution in [0.4, 0.5) is 10.5 Å². The molecule has 1 aliphatic heterocycles. The van der Waals surface area contributed by atoms with Gasteiger partial charge in [-0.3, -0.25) is 14.9 Å². The van der Waals surface area contributed by atoms with Gasteiger partial charge in [-0.15, -0.1) is 0 Å². The Hall–Kier alpha value is -3.39. The number of carbonyl (C=O) groups excluding carboxylic acids is 2. The van der Waals surface area contributed by atoms with Crippen LogP contribution in [-0.4, -0.2) is 37.7 Å². The Kier molecular flexibility index (Phi) is 7.71. The average Bonchev–Trinajstić information content (AvgIpc) is 3.08. The molecule has 1 heterocycles. The number of amides is 2. The number of rotatable bonds is 8. The fourth-order valence-corrected chi connectivity index (χ4v) is 4.32. The van der Waals surface area contributed by atoms with Gasteiger partial charge in [-0.1, -0.05) is 42.7 Å². The van der Waals surface area contributed by atoms with Crippen LogP contribution in [0.15, 0.2) is 48.0 Å². The Balaban J connectivity index is 2.15. The van der Waals surface area contributed by atoms with Crippen molar-refractivity contribution in [3.63, 3.8) is 0 Å². The van der Waals surface area contributed by atoms with Crippen LogP contribution in [0.1, 0.15) is 43.2 Å². The summed E-state index contributed by atoms with van der Waals surface area (Å²) in [5.41, 5.74) is 2.71. The van der Waals surface area contributed by atoms with Crippen molar-refractivity contribution in [1.29, 1.82) is 0 Å². The van der Waals surface area contributed by atoms with Crippen molar-refractivity contribution in [2.24, 2.45) is 0 Å². The van der Waals surface area contributed by atoms with E-state index < -0.39 is 17.9 Å². The highest BCUT2D eigenvalue weighted by Crippen LogP contribution is 2.43. The minimum absolute atomic E-state index is 0.268. The average molecular weight is 473 g/mol. The summed E-state index contributed by atoms with van der Waals surface area (Å²) in [4.78, 5) is 37.9. The molecule has 0 saturated heterocycles. The molecule has 0 aromatic heterocycles. The van der Waals surface area contributed by atoms with Crippen LogP contribution in [0.3, 0.4) is 0 Å². The van der Waals surface area contributed by atoms with Gasteiger partial charge in [0.05, 0.1) is 25.8 Å². The van der Waals surface area contributed by atoms with Crippen LogP contribution >= 0.6 is 11.6 Å². The summed E-state index contributed by atoms with van der Waals surface area (Å²) in [7, 11) is 2.74. The Bertz CT molecular complexity index is 1110. The summed E-state index contributed by atoms with van der Waals surface area (Å²) < 4.78 is 10.1. The molecule has 0 aliphatic carbocycles. The maximum Gasteiger partial charge on any atom is 0.421 e. The second-order valence-corrected chi connectivity index (χ2v) is 8.13. The minimum Gasteiger partial charge on any atom is -0.497 e. The number of ether oxygens (including phenoxy) is 2. The molecule has 2 amide bonds. The van der Waals surface area contributed by atoms with Gasteiger partial charge in [0.15, 0.2) is 0 Å². The molecule has 0 radical (unpaired) electrons. The number of benzene rings is 2. The first kappa shape index (κ1) is 24.3. The van der Waals surface area contributed by atoms with E-state index in [0.29, 0.717) is 40.4 Å². The molecule has 1 aliphatic rings. The lowest BCUT2D eigenvalue weighted by molar-refractivity contribution is -0.483. The van der Waals surface area contributed by atoms with Crippen LogP contribution in [0.5, 0.6) is 5.75 Å². The summed E-state index contributed by atoms with van der Waals surface area (Å²) in [6.07, 6.45) is 0.706. The molecule has 9 heteroatoms. The van der Waals surface area contributed by atoms with Crippen LogP contribution in [0.2, 0.25) is 5.02 Å². The molecule has 2 aromatic carbocycles. The fraction of sp³-hybridized carbons (Fsp3) is 0.333. The van der Waals surface area contributed by atoms with Gasteiger partial charge in [-0.2, -0.15) is 0 Å². The summed E-state index contributed by atoms with van der Waals surface area (Å²) in [5, 5.41) is 11.9. The quantitative estimate of drug-likeness (QED) is 0.287. The van der Waals surface area contributed by atoms with E-state index in [2.05, 4.69) is 0 Å². The van der Waals surface area contributed by atoms with E-state index in [4.69, 9.17) is 21.1 Å². The largest absolute Gasteiger partial charge is 0.497 e. The zero-order valence-electron chi connectivity index (χ0n) is 18.7. The number of hydrogen-bond donors (Lipinski definition) is 0. The molecule has 0 fully saturated rings. The highest BCUT2D eigenvalue weighted by molar-refractivity contribution is 6.40.